The lowest BCUT2D eigenvalue weighted by Crippen LogP contribution is -2.34. The molecule has 0 aliphatic rings. The number of nitrogens with zero attached hydrogens (tertiary/aromatic N) is 3. The van der Waals surface area contributed by atoms with E-state index >= 15 is 0 Å². The van der Waals surface area contributed by atoms with E-state index in [-0.39, 0.29) is 24.8 Å². The van der Waals surface area contributed by atoms with Gasteiger partial charge in [-0.15, -0.1) is 0 Å². The summed E-state index contributed by atoms with van der Waals surface area (Å²) in [6.45, 7) is 7.00. The largest absolute Gasteiger partial charge is 0.497 e. The fourth-order valence-electron chi connectivity index (χ4n) is 3.82. The van der Waals surface area contributed by atoms with Crippen molar-refractivity contribution >= 4 is 17.5 Å². The molecule has 3 rings (SSSR count). The van der Waals surface area contributed by atoms with Crippen molar-refractivity contribution in [2.24, 2.45) is 0 Å². The van der Waals surface area contributed by atoms with Crippen LogP contribution < -0.4 is 10.1 Å². The third-order valence-corrected chi connectivity index (χ3v) is 5.66. The van der Waals surface area contributed by atoms with Crippen LogP contribution in [0, 0.1) is 20.8 Å². The van der Waals surface area contributed by atoms with E-state index in [9.17, 15) is 9.59 Å². The summed E-state index contributed by atoms with van der Waals surface area (Å²) in [5.74, 6) is 1.15. The number of aromatic nitrogens is 2. The average molecular weight is 449 g/mol. The van der Waals surface area contributed by atoms with Gasteiger partial charge in [-0.2, -0.15) is 0 Å². The summed E-state index contributed by atoms with van der Waals surface area (Å²) in [4.78, 5) is 31.1. The number of methoxy groups -OCH3 is 1. The summed E-state index contributed by atoms with van der Waals surface area (Å²) in [6, 6.07) is 13.6. The molecule has 0 spiro atoms. The smallest absolute Gasteiger partial charge is 0.239 e. The molecule has 0 saturated heterocycles. The molecule has 1 aromatic carbocycles. The summed E-state index contributed by atoms with van der Waals surface area (Å²) in [7, 11) is 3.42. The van der Waals surface area contributed by atoms with Gasteiger partial charge in [0.25, 0.3) is 0 Å². The van der Waals surface area contributed by atoms with E-state index in [1.807, 2.05) is 45.0 Å². The number of hydrogen-bond donors (Lipinski definition) is 1. The highest BCUT2D eigenvalue weighted by Crippen LogP contribution is 2.18. The van der Waals surface area contributed by atoms with Gasteiger partial charge in [0.2, 0.25) is 5.91 Å². The van der Waals surface area contributed by atoms with Crippen molar-refractivity contribution in [1.29, 1.82) is 0 Å². The number of amides is 1. The predicted molar refractivity (Wildman–Crippen MR) is 130 cm³/mol. The number of ketones is 1. The Labute approximate surface area is 195 Å². The topological polar surface area (TPSA) is 76.5 Å². The first-order valence-corrected chi connectivity index (χ1v) is 11.0. The lowest BCUT2D eigenvalue weighted by Gasteiger charge is -2.15. The number of aryl methyl sites for hydroxylation is 3. The molecule has 0 unspecified atom stereocenters. The number of rotatable bonds is 10. The van der Waals surface area contributed by atoms with Crippen molar-refractivity contribution in [3.8, 4) is 5.75 Å². The van der Waals surface area contributed by atoms with Gasteiger partial charge in [-0.25, -0.2) is 4.98 Å². The summed E-state index contributed by atoms with van der Waals surface area (Å²) in [5.41, 5.74) is 4.94. The third-order valence-electron chi connectivity index (χ3n) is 5.66. The number of nitrogens with one attached hydrogen (secondary N) is 1. The summed E-state index contributed by atoms with van der Waals surface area (Å²) >= 11 is 0. The second-order valence-corrected chi connectivity index (χ2v) is 8.40. The van der Waals surface area contributed by atoms with Gasteiger partial charge in [0.15, 0.2) is 5.78 Å². The van der Waals surface area contributed by atoms with E-state index in [1.165, 1.54) is 5.56 Å². The Morgan fingerprint density at radius 2 is 1.79 bits per heavy atom. The molecule has 3 aromatic rings. The number of Topliss-reactive ketones (excluding diaryl/α,β-unsaturated/α-hetero) is 1. The lowest BCUT2D eigenvalue weighted by molar-refractivity contribution is -0.116. The number of pyridine rings is 1. The van der Waals surface area contributed by atoms with Crippen LogP contribution in [0.1, 0.15) is 32.9 Å². The Bertz CT molecular complexity index is 1100. The molecule has 7 heteroatoms. The first-order valence-electron chi connectivity index (χ1n) is 11.0. The SMILES string of the molecule is COc1ccc(CCn2c(C)cc(C(=O)CN(C)CC(=O)Nc3ccc(C)cn3)c2C)cc1. The minimum absolute atomic E-state index is 0.00237. The molecule has 0 bridgehead atoms. The molecule has 0 fully saturated rings. The maximum absolute atomic E-state index is 13.0. The van der Waals surface area contributed by atoms with Crippen molar-refractivity contribution in [2.45, 2.75) is 33.7 Å². The molecule has 2 heterocycles. The first-order chi connectivity index (χ1) is 15.8. The summed E-state index contributed by atoms with van der Waals surface area (Å²) in [5, 5.41) is 2.76. The van der Waals surface area contributed by atoms with Gasteiger partial charge in [0.1, 0.15) is 11.6 Å². The molecule has 0 saturated carbocycles. The molecular formula is C26H32N4O3. The predicted octanol–water partition coefficient (Wildman–Crippen LogP) is 3.81. The van der Waals surface area contributed by atoms with Gasteiger partial charge >= 0.3 is 0 Å². The second-order valence-electron chi connectivity index (χ2n) is 8.40. The van der Waals surface area contributed by atoms with Crippen LogP contribution in [0.2, 0.25) is 0 Å². The minimum Gasteiger partial charge on any atom is -0.497 e. The van der Waals surface area contributed by atoms with E-state index in [0.717, 1.165) is 35.7 Å². The van der Waals surface area contributed by atoms with Crippen molar-refractivity contribution in [1.82, 2.24) is 14.5 Å². The highest BCUT2D eigenvalue weighted by atomic mass is 16.5. The normalized spacial score (nSPS) is 11.0. The fourth-order valence-corrected chi connectivity index (χ4v) is 3.82. The highest BCUT2D eigenvalue weighted by Gasteiger charge is 2.18. The lowest BCUT2D eigenvalue weighted by atomic mass is 10.1. The fraction of sp³-hybridized carbons (Fsp3) is 0.346. The van der Waals surface area contributed by atoms with E-state index in [1.54, 1.807) is 31.3 Å². The molecular weight excluding hydrogens is 416 g/mol. The van der Waals surface area contributed by atoms with E-state index in [4.69, 9.17) is 4.74 Å². The van der Waals surface area contributed by atoms with Crippen LogP contribution in [0.5, 0.6) is 5.75 Å². The Morgan fingerprint density at radius 1 is 1.06 bits per heavy atom. The number of carbonyl (C=O) groups is 2. The number of likely N-dealkylation sites (N-methyl/N-ethyl adjacent to an activating group) is 1. The molecule has 174 valence electrons. The summed E-state index contributed by atoms with van der Waals surface area (Å²) in [6.07, 6.45) is 2.56. The van der Waals surface area contributed by atoms with Crippen LogP contribution >= 0.6 is 0 Å². The quantitative estimate of drug-likeness (QED) is 0.477. The van der Waals surface area contributed by atoms with Crippen LogP contribution in [0.3, 0.4) is 0 Å². The second kappa shape index (κ2) is 10.9. The van der Waals surface area contributed by atoms with E-state index < -0.39 is 0 Å². The molecule has 0 aliphatic heterocycles. The maximum atomic E-state index is 13.0. The van der Waals surface area contributed by atoms with Crippen LogP contribution in [-0.4, -0.2) is 53.4 Å². The number of ether oxygens (including phenoxy) is 1. The van der Waals surface area contributed by atoms with Crippen molar-refractivity contribution in [3.05, 3.63) is 76.7 Å². The van der Waals surface area contributed by atoms with Gasteiger partial charge in [-0.3, -0.25) is 14.5 Å². The molecule has 7 nitrogen and oxygen atoms in total. The molecule has 0 radical (unpaired) electrons. The van der Waals surface area contributed by atoms with Crippen LogP contribution in [-0.2, 0) is 17.8 Å². The summed E-state index contributed by atoms with van der Waals surface area (Å²) < 4.78 is 7.39. The standard InChI is InChI=1S/C26H32N4O3/c1-18-6-11-25(27-15-18)28-26(32)17-29(4)16-24(31)23-14-19(2)30(20(23)3)13-12-21-7-9-22(33-5)10-8-21/h6-11,14-15H,12-13,16-17H2,1-5H3,(H,27,28,32). The van der Waals surface area contributed by atoms with E-state index in [2.05, 4.69) is 27.0 Å². The van der Waals surface area contributed by atoms with E-state index in [0.29, 0.717) is 11.4 Å². The average Bonchev–Trinajstić information content (AvgIpc) is 3.07. The Morgan fingerprint density at radius 3 is 2.42 bits per heavy atom. The molecule has 1 amide bonds. The highest BCUT2D eigenvalue weighted by molar-refractivity contribution is 5.99. The van der Waals surface area contributed by atoms with Crippen molar-refractivity contribution in [2.75, 3.05) is 32.6 Å². The molecule has 2 aromatic heterocycles. The molecule has 33 heavy (non-hydrogen) atoms. The van der Waals surface area contributed by atoms with Crippen molar-refractivity contribution in [3.63, 3.8) is 0 Å². The molecule has 0 atom stereocenters. The zero-order valence-corrected chi connectivity index (χ0v) is 20.0. The first kappa shape index (κ1) is 24.2. The minimum atomic E-state index is -0.202. The van der Waals surface area contributed by atoms with Gasteiger partial charge in [-0.1, -0.05) is 18.2 Å². The number of anilines is 1. The van der Waals surface area contributed by atoms with Crippen LogP contribution in [0.15, 0.2) is 48.7 Å². The van der Waals surface area contributed by atoms with Crippen molar-refractivity contribution < 1.29 is 14.3 Å². The zero-order chi connectivity index (χ0) is 24.0. The van der Waals surface area contributed by atoms with Gasteiger partial charge in [0, 0.05) is 29.7 Å². The van der Waals surface area contributed by atoms with Gasteiger partial charge < -0.3 is 14.6 Å². The monoisotopic (exact) mass is 448 g/mol. The number of benzene rings is 1. The Hall–Kier alpha value is -3.45. The Balaban J connectivity index is 1.56. The van der Waals surface area contributed by atoms with Crippen LogP contribution in [0.25, 0.3) is 0 Å². The third kappa shape index (κ3) is 6.52. The molecule has 0 aliphatic carbocycles. The maximum Gasteiger partial charge on any atom is 0.239 e. The van der Waals surface area contributed by atoms with Crippen LogP contribution in [0.4, 0.5) is 5.82 Å². The molecule has 1 N–H and O–H groups in total. The van der Waals surface area contributed by atoms with Gasteiger partial charge in [0.05, 0.1) is 20.2 Å². The number of carbonyl (C=O) groups excluding carboxylic acids is 2. The Kier molecular flexibility index (Phi) is 8.01. The van der Waals surface area contributed by atoms with Gasteiger partial charge in [-0.05, 0) is 69.6 Å². The zero-order valence-electron chi connectivity index (χ0n) is 20.0. The number of hydrogen-bond acceptors (Lipinski definition) is 5.